The Balaban J connectivity index is -0.0000000800. The van der Waals surface area contributed by atoms with Gasteiger partial charge in [0.25, 0.3) is 7.82 Å². The van der Waals surface area contributed by atoms with Crippen LogP contribution in [0.2, 0.25) is 0 Å². The first kappa shape index (κ1) is 17.9. The zero-order valence-corrected chi connectivity index (χ0v) is 11.2. The molecule has 0 fully saturated rings. The average Bonchev–Trinajstić information content (AvgIpc) is 1.27. The van der Waals surface area contributed by atoms with Crippen molar-refractivity contribution in [3.05, 3.63) is 0 Å². The number of hydrogen-bond acceptors (Lipinski definition) is 2. The predicted octanol–water partition coefficient (Wildman–Crippen LogP) is -3.56. The van der Waals surface area contributed by atoms with Gasteiger partial charge in [-0.2, -0.15) is 0 Å². The van der Waals surface area contributed by atoms with Crippen LogP contribution < -0.4 is 34.5 Å². The summed E-state index contributed by atoms with van der Waals surface area (Å²) >= 11 is -0.931. The molecular weight excluding hydrogens is 229 g/mol. The second-order valence-electron chi connectivity index (χ2n) is 0.592. The van der Waals surface area contributed by atoms with Crippen LogP contribution in [0.4, 0.5) is 0 Å². The van der Waals surface area contributed by atoms with Crippen molar-refractivity contribution >= 4 is 51.4 Å². The summed E-state index contributed by atoms with van der Waals surface area (Å²) in [6.45, 7) is 0. The first-order chi connectivity index (χ1) is 3.41. The fraction of sp³-hybridized carbons (Fsp3) is 0. The van der Waals surface area contributed by atoms with Crippen molar-refractivity contribution in [2.45, 2.75) is 0 Å². The molecule has 0 atom stereocenters. The standard InChI is InChI=1S/Ca.2ClH.Na.H3O4P/c;;;;1-5(2,3)4/h;2*1H;;(H3,1,2,3,4)/q+2;;;+1;/p-3. The van der Waals surface area contributed by atoms with Gasteiger partial charge in [-0.05, 0) is 0 Å². The van der Waals surface area contributed by atoms with E-state index in [2.05, 4.69) is 0 Å². The second-order valence-corrected chi connectivity index (χ2v) is 5.22. The fourth-order valence-electron chi connectivity index (χ4n) is 0. The molecule has 0 aromatic heterocycles. The zero-order valence-electron chi connectivity index (χ0n) is 4.62. The van der Waals surface area contributed by atoms with Crippen LogP contribution in [-0.2, 0) is 4.57 Å². The van der Waals surface area contributed by atoms with Gasteiger partial charge in [0.1, 0.15) is 0 Å². The molecular formula is H2CaCl2NaO4P. The normalized spacial score (nSPS) is 7.67. The summed E-state index contributed by atoms with van der Waals surface area (Å²) in [6, 6.07) is 0. The molecule has 0 aliphatic carbocycles. The number of halogens is 2. The van der Waals surface area contributed by atoms with Crippen molar-refractivity contribution in [3.8, 4) is 0 Å². The molecule has 0 aliphatic rings. The van der Waals surface area contributed by atoms with Crippen molar-refractivity contribution in [2.24, 2.45) is 0 Å². The maximum absolute atomic E-state index is 8.77. The SMILES string of the molecule is O=P([O-])(O)O.[Cl][Ca][Cl].[Na+]. The first-order valence-electron chi connectivity index (χ1n) is 1.30. The number of phosphoric acid groups is 1. The maximum atomic E-state index is 8.77. The van der Waals surface area contributed by atoms with E-state index in [0.717, 1.165) is 0 Å². The summed E-state index contributed by atoms with van der Waals surface area (Å²) in [5.41, 5.74) is 0. The third-order valence-corrected chi connectivity index (χ3v) is 0. The average molecular weight is 231 g/mol. The van der Waals surface area contributed by atoms with Crippen molar-refractivity contribution < 1.29 is 48.8 Å². The molecule has 0 radical (unpaired) electrons. The van der Waals surface area contributed by atoms with E-state index in [4.69, 9.17) is 32.0 Å². The fourth-order valence-corrected chi connectivity index (χ4v) is 0. The minimum absolute atomic E-state index is 0. The number of hydrogen-bond donors (Lipinski definition) is 2. The quantitative estimate of drug-likeness (QED) is 0.334. The molecule has 9 heteroatoms. The van der Waals surface area contributed by atoms with Gasteiger partial charge < -0.3 is 14.7 Å². The summed E-state index contributed by atoms with van der Waals surface area (Å²) in [7, 11) is -4.89. The molecule has 0 saturated heterocycles. The largest absolute Gasteiger partial charge is 1.00 e. The summed E-state index contributed by atoms with van der Waals surface area (Å²) in [6.07, 6.45) is 9.90. The Kier molecular flexibility index (Phi) is 21.8. The maximum Gasteiger partial charge on any atom is 1.00 e. The van der Waals surface area contributed by atoms with Crippen molar-refractivity contribution in [1.29, 1.82) is 0 Å². The Labute approximate surface area is 98.2 Å². The minimum Gasteiger partial charge on any atom is 1.00 e. The van der Waals surface area contributed by atoms with Crippen LogP contribution in [0.15, 0.2) is 0 Å². The van der Waals surface area contributed by atoms with Gasteiger partial charge in [-0.15, -0.1) is 0 Å². The molecule has 0 amide bonds. The molecule has 0 aliphatic heterocycles. The predicted molar refractivity (Wildman–Crippen MR) is 29.5 cm³/mol. The van der Waals surface area contributed by atoms with E-state index in [1.54, 1.807) is 0 Å². The Morgan fingerprint density at radius 1 is 1.44 bits per heavy atom. The first-order valence-corrected chi connectivity index (χ1v) is 8.91. The Bertz CT molecular complexity index is 74.4. The molecule has 48 valence electrons. The van der Waals surface area contributed by atoms with E-state index in [9.17, 15) is 0 Å². The van der Waals surface area contributed by atoms with E-state index in [-0.39, 0.29) is 29.6 Å². The van der Waals surface area contributed by atoms with E-state index in [1.165, 1.54) is 0 Å². The third-order valence-electron chi connectivity index (χ3n) is 0. The van der Waals surface area contributed by atoms with Crippen LogP contribution in [0.1, 0.15) is 0 Å². The van der Waals surface area contributed by atoms with Gasteiger partial charge >= 0.3 is 73.2 Å². The van der Waals surface area contributed by atoms with E-state index in [0.29, 0.717) is 0 Å². The molecule has 4 nitrogen and oxygen atoms in total. The Morgan fingerprint density at radius 2 is 1.44 bits per heavy atom. The van der Waals surface area contributed by atoms with E-state index < -0.39 is 38.7 Å². The molecule has 0 aromatic rings. The van der Waals surface area contributed by atoms with Crippen molar-refractivity contribution in [3.63, 3.8) is 0 Å². The van der Waals surface area contributed by atoms with Crippen LogP contribution in [0, 0.1) is 0 Å². The molecule has 2 N–H and O–H groups in total. The molecule has 0 rings (SSSR count). The van der Waals surface area contributed by atoms with Crippen LogP contribution in [0.3, 0.4) is 0 Å². The summed E-state index contributed by atoms with van der Waals surface area (Å²) in [4.78, 5) is 22.9. The summed E-state index contributed by atoms with van der Waals surface area (Å²) in [5, 5.41) is 0. The van der Waals surface area contributed by atoms with Gasteiger partial charge in [-0.25, -0.2) is 0 Å². The van der Waals surface area contributed by atoms with Crippen molar-refractivity contribution in [1.82, 2.24) is 0 Å². The summed E-state index contributed by atoms with van der Waals surface area (Å²) < 4.78 is 8.77. The van der Waals surface area contributed by atoms with Gasteiger partial charge in [0.15, 0.2) is 0 Å². The van der Waals surface area contributed by atoms with E-state index >= 15 is 0 Å². The van der Waals surface area contributed by atoms with Gasteiger partial charge in [0, 0.05) is 0 Å². The van der Waals surface area contributed by atoms with Crippen LogP contribution in [0.25, 0.3) is 0 Å². The van der Waals surface area contributed by atoms with Crippen molar-refractivity contribution in [2.75, 3.05) is 0 Å². The topological polar surface area (TPSA) is 80.6 Å². The van der Waals surface area contributed by atoms with Gasteiger partial charge in [-0.3, -0.25) is 4.57 Å². The van der Waals surface area contributed by atoms with Crippen LogP contribution in [0.5, 0.6) is 0 Å². The molecule has 0 aromatic carbocycles. The monoisotopic (exact) mass is 230 g/mol. The summed E-state index contributed by atoms with van der Waals surface area (Å²) in [5.74, 6) is 0. The van der Waals surface area contributed by atoms with Gasteiger partial charge in [-0.1, -0.05) is 0 Å². The minimum atomic E-state index is -4.89. The second kappa shape index (κ2) is 10.9. The van der Waals surface area contributed by atoms with Crippen LogP contribution >= 0.6 is 20.6 Å². The van der Waals surface area contributed by atoms with E-state index in [1.807, 2.05) is 0 Å². The Hall–Kier alpha value is 2.95. The van der Waals surface area contributed by atoms with Gasteiger partial charge in [0.2, 0.25) is 0 Å². The number of rotatable bonds is 0. The van der Waals surface area contributed by atoms with Crippen LogP contribution in [-0.4, -0.2) is 40.6 Å². The van der Waals surface area contributed by atoms with Gasteiger partial charge in [0.05, 0.1) is 0 Å². The zero-order chi connectivity index (χ0) is 7.21. The molecule has 0 unspecified atom stereocenters. The smallest absolute Gasteiger partial charge is 1.00 e. The Morgan fingerprint density at radius 3 is 1.44 bits per heavy atom. The molecule has 0 bridgehead atoms. The molecule has 0 saturated carbocycles. The molecule has 0 heterocycles. The molecule has 9 heavy (non-hydrogen) atoms. The third kappa shape index (κ3) is 101. The molecule has 0 spiro atoms.